The van der Waals surface area contributed by atoms with E-state index >= 15 is 0 Å². The molecule has 2 aromatic heterocycles. The van der Waals surface area contributed by atoms with Crippen LogP contribution in [-0.4, -0.2) is 64.5 Å². The normalized spacial score (nSPS) is 18.3. The van der Waals surface area contributed by atoms with Gasteiger partial charge in [0, 0.05) is 43.0 Å². The number of H-pyrrole nitrogens is 1. The van der Waals surface area contributed by atoms with Crippen LogP contribution in [0.2, 0.25) is 10.0 Å². The van der Waals surface area contributed by atoms with Crippen LogP contribution in [0.25, 0.3) is 0 Å². The fourth-order valence-corrected chi connectivity index (χ4v) is 7.80. The predicted octanol–water partition coefficient (Wildman–Crippen LogP) is 5.40. The van der Waals surface area contributed by atoms with Crippen molar-refractivity contribution >= 4 is 51.0 Å². The fourth-order valence-electron chi connectivity index (χ4n) is 4.29. The van der Waals surface area contributed by atoms with Gasteiger partial charge in [-0.25, -0.2) is 18.2 Å². The lowest BCUT2D eigenvalue weighted by Gasteiger charge is -2.25. The van der Waals surface area contributed by atoms with Crippen molar-refractivity contribution in [1.82, 2.24) is 19.3 Å². The third kappa shape index (κ3) is 7.10. The number of imidazole rings is 1. The van der Waals surface area contributed by atoms with Crippen LogP contribution in [0.1, 0.15) is 35.8 Å². The number of halogens is 4. The topological polar surface area (TPSA) is 124 Å². The molecule has 42 heavy (non-hydrogen) atoms. The second kappa shape index (κ2) is 12.9. The third-order valence-corrected chi connectivity index (χ3v) is 10.3. The van der Waals surface area contributed by atoms with Gasteiger partial charge in [-0.3, -0.25) is 4.98 Å². The first kappa shape index (κ1) is 30.8. The first-order valence-electron chi connectivity index (χ1n) is 12.9. The number of sulfonamides is 1. The van der Waals surface area contributed by atoms with Crippen molar-refractivity contribution in [2.45, 2.75) is 49.4 Å². The summed E-state index contributed by atoms with van der Waals surface area (Å²) in [4.78, 5) is 24.2. The standard InChI is InChI=1S/C26H26Cl2F2N4O6S2/c1-14-10-32-26(33-14)42(36,37)34-6-7-41-23(34)24(35)39-21(9-17-18(27)11-31-12-19(17)28)16-4-5-20(40-25(29)30)22(8-16)38-13-15-2-3-15/h4-5,8,10-12,15,21,23,25H,2-3,6-7,9,13H2,1H3,(H,32,33)/t21-,23-/m0/s1. The Kier molecular flexibility index (Phi) is 9.47. The zero-order chi connectivity index (χ0) is 30.0. The minimum Gasteiger partial charge on any atom is -0.489 e. The molecule has 3 aromatic rings. The molecule has 1 N–H and O–H groups in total. The molecule has 1 aliphatic carbocycles. The molecule has 16 heteroatoms. The van der Waals surface area contributed by atoms with E-state index in [1.54, 1.807) is 6.92 Å². The summed E-state index contributed by atoms with van der Waals surface area (Å²) in [7, 11) is -4.13. The lowest BCUT2D eigenvalue weighted by atomic mass is 10.0. The number of nitrogens with zero attached hydrogens (tertiary/aromatic N) is 3. The lowest BCUT2D eigenvalue weighted by molar-refractivity contribution is -0.150. The number of thioether (sulfide) groups is 1. The monoisotopic (exact) mass is 662 g/mol. The minimum atomic E-state index is -4.13. The molecule has 2 fully saturated rings. The summed E-state index contributed by atoms with van der Waals surface area (Å²) in [6.07, 6.45) is 5.02. The number of benzene rings is 1. The number of esters is 1. The van der Waals surface area contributed by atoms with Crippen LogP contribution in [0.4, 0.5) is 8.78 Å². The van der Waals surface area contributed by atoms with E-state index in [4.69, 9.17) is 32.7 Å². The second-order valence-electron chi connectivity index (χ2n) is 9.76. The highest BCUT2D eigenvalue weighted by Crippen LogP contribution is 2.39. The van der Waals surface area contributed by atoms with Crippen molar-refractivity contribution in [3.05, 3.63) is 63.7 Å². The number of ether oxygens (including phenoxy) is 3. The van der Waals surface area contributed by atoms with Crippen molar-refractivity contribution in [1.29, 1.82) is 0 Å². The molecule has 0 unspecified atom stereocenters. The molecule has 1 aromatic carbocycles. The Morgan fingerprint density at radius 1 is 1.19 bits per heavy atom. The molecule has 10 nitrogen and oxygen atoms in total. The Bertz CT molecular complexity index is 1540. The van der Waals surface area contributed by atoms with E-state index in [0.29, 0.717) is 35.1 Å². The van der Waals surface area contributed by atoms with Gasteiger partial charge in [0.05, 0.1) is 16.7 Å². The maximum absolute atomic E-state index is 13.6. The Hall–Kier alpha value is -2.65. The van der Waals surface area contributed by atoms with E-state index < -0.39 is 34.1 Å². The minimum absolute atomic E-state index is 0.0233. The molecule has 1 saturated heterocycles. The number of hydrogen-bond acceptors (Lipinski definition) is 9. The molecule has 1 aliphatic heterocycles. The highest BCUT2D eigenvalue weighted by Gasteiger charge is 2.43. The van der Waals surface area contributed by atoms with Crippen molar-refractivity contribution in [2.24, 2.45) is 5.92 Å². The van der Waals surface area contributed by atoms with E-state index in [-0.39, 0.29) is 39.7 Å². The molecule has 226 valence electrons. The van der Waals surface area contributed by atoms with E-state index in [0.717, 1.165) is 28.9 Å². The molecule has 0 spiro atoms. The van der Waals surface area contributed by atoms with Gasteiger partial charge in [0.2, 0.25) is 5.16 Å². The molecule has 1 saturated carbocycles. The van der Waals surface area contributed by atoms with Gasteiger partial charge in [-0.05, 0) is 48.9 Å². The first-order valence-corrected chi connectivity index (χ1v) is 16.1. The quantitative estimate of drug-likeness (QED) is 0.254. The van der Waals surface area contributed by atoms with Crippen LogP contribution in [0.15, 0.2) is 41.9 Å². The summed E-state index contributed by atoms with van der Waals surface area (Å²) in [6, 6.07) is 4.23. The van der Waals surface area contributed by atoms with Crippen LogP contribution in [-0.2, 0) is 26.0 Å². The number of carbonyl (C=O) groups is 1. The number of aromatic amines is 1. The molecular weight excluding hydrogens is 637 g/mol. The Morgan fingerprint density at radius 3 is 2.57 bits per heavy atom. The molecule has 0 bridgehead atoms. The maximum atomic E-state index is 13.6. The number of hydrogen-bond donors (Lipinski definition) is 1. The van der Waals surface area contributed by atoms with Crippen LogP contribution >= 0.6 is 35.0 Å². The van der Waals surface area contributed by atoms with Gasteiger partial charge in [0.25, 0.3) is 10.0 Å². The number of aryl methyl sites for hydroxylation is 1. The average Bonchev–Trinajstić information content (AvgIpc) is 3.42. The van der Waals surface area contributed by atoms with Crippen molar-refractivity contribution in [2.75, 3.05) is 18.9 Å². The highest BCUT2D eigenvalue weighted by atomic mass is 35.5. The van der Waals surface area contributed by atoms with Gasteiger partial charge in [0.1, 0.15) is 6.10 Å². The molecule has 2 aliphatic rings. The van der Waals surface area contributed by atoms with Crippen LogP contribution in [0.3, 0.4) is 0 Å². The lowest BCUT2D eigenvalue weighted by Crippen LogP contribution is -2.41. The summed E-state index contributed by atoms with van der Waals surface area (Å²) in [5.74, 6) is -0.271. The zero-order valence-electron chi connectivity index (χ0n) is 22.1. The first-order chi connectivity index (χ1) is 20.0. The van der Waals surface area contributed by atoms with Gasteiger partial charge in [0.15, 0.2) is 16.9 Å². The third-order valence-electron chi connectivity index (χ3n) is 6.61. The van der Waals surface area contributed by atoms with Crippen molar-refractivity contribution < 1.29 is 36.2 Å². The molecule has 3 heterocycles. The van der Waals surface area contributed by atoms with Gasteiger partial charge in [-0.2, -0.15) is 13.1 Å². The number of nitrogens with one attached hydrogen (secondary N) is 1. The van der Waals surface area contributed by atoms with E-state index in [1.807, 2.05) is 0 Å². The number of alkyl halides is 2. The van der Waals surface area contributed by atoms with Crippen LogP contribution in [0.5, 0.6) is 11.5 Å². The average molecular weight is 664 g/mol. The summed E-state index contributed by atoms with van der Waals surface area (Å²) in [5.41, 5.74) is 1.34. The Balaban J connectivity index is 1.46. The number of rotatable bonds is 12. The maximum Gasteiger partial charge on any atom is 0.387 e. The van der Waals surface area contributed by atoms with Crippen LogP contribution in [0, 0.1) is 12.8 Å². The molecular formula is C26H26Cl2F2N4O6S2. The molecule has 5 rings (SSSR count). The number of aromatic nitrogens is 3. The van der Waals surface area contributed by atoms with Crippen molar-refractivity contribution in [3.63, 3.8) is 0 Å². The summed E-state index contributed by atoms with van der Waals surface area (Å²) in [6.45, 7) is -1.03. The van der Waals surface area contributed by atoms with Crippen molar-refractivity contribution in [3.8, 4) is 11.5 Å². The SMILES string of the molecule is Cc1cnc(S(=O)(=O)N2CCS[C@H]2C(=O)O[C@@H](Cc2c(Cl)cncc2Cl)c2ccc(OC(F)F)c(OCC3CC3)c2)[nH]1. The van der Waals surface area contributed by atoms with Gasteiger partial charge >= 0.3 is 12.6 Å². The van der Waals surface area contributed by atoms with E-state index in [9.17, 15) is 22.0 Å². The van der Waals surface area contributed by atoms with Gasteiger partial charge in [-0.1, -0.05) is 29.3 Å². The summed E-state index contributed by atoms with van der Waals surface area (Å²) in [5, 5.41) is -1.03. The number of pyridine rings is 1. The van der Waals surface area contributed by atoms with Gasteiger partial charge in [-0.15, -0.1) is 11.8 Å². The Morgan fingerprint density at radius 2 is 1.93 bits per heavy atom. The molecule has 0 amide bonds. The molecule has 2 atom stereocenters. The van der Waals surface area contributed by atoms with E-state index in [1.165, 1.54) is 36.8 Å². The summed E-state index contributed by atoms with van der Waals surface area (Å²) >= 11 is 13.8. The molecule has 0 radical (unpaired) electrons. The Labute approximate surface area is 255 Å². The smallest absolute Gasteiger partial charge is 0.387 e. The highest BCUT2D eigenvalue weighted by molar-refractivity contribution is 8.02. The number of carbonyl (C=O) groups excluding carboxylic acids is 1. The fraction of sp³-hybridized carbons (Fsp3) is 0.423. The second-order valence-corrected chi connectivity index (χ2v) is 13.6. The zero-order valence-corrected chi connectivity index (χ0v) is 25.3. The summed E-state index contributed by atoms with van der Waals surface area (Å²) < 4.78 is 70.2. The van der Waals surface area contributed by atoms with Crippen LogP contribution < -0.4 is 9.47 Å². The van der Waals surface area contributed by atoms with Gasteiger partial charge < -0.3 is 19.2 Å². The largest absolute Gasteiger partial charge is 0.489 e. The van der Waals surface area contributed by atoms with E-state index in [2.05, 4.69) is 19.7 Å². The predicted molar refractivity (Wildman–Crippen MR) is 152 cm³/mol.